The van der Waals surface area contributed by atoms with Crippen LogP contribution in [0.4, 0.5) is 10.5 Å². The number of benzene rings is 3. The number of anilines is 1. The van der Waals surface area contributed by atoms with Crippen molar-refractivity contribution in [3.63, 3.8) is 0 Å². The molecule has 0 fully saturated rings. The van der Waals surface area contributed by atoms with Crippen LogP contribution in [0.5, 0.6) is 0 Å². The molecule has 1 heterocycles. The smallest absolute Gasteiger partial charge is 0.319 e. The average Bonchev–Trinajstić information content (AvgIpc) is 3.23. The van der Waals surface area contributed by atoms with E-state index in [1.54, 1.807) is 11.8 Å². The van der Waals surface area contributed by atoms with Gasteiger partial charge in [0.1, 0.15) is 0 Å². The summed E-state index contributed by atoms with van der Waals surface area (Å²) < 4.78 is 1.97. The molecular weight excluding hydrogens is 478 g/mol. The minimum Gasteiger partial charge on any atom is -0.331 e. The van der Waals surface area contributed by atoms with Crippen LogP contribution in [0.15, 0.2) is 65.8 Å². The Morgan fingerprint density at radius 1 is 0.943 bits per heavy atom. The number of carbonyl (C=O) groups is 1. The van der Waals surface area contributed by atoms with E-state index in [2.05, 4.69) is 39.9 Å². The van der Waals surface area contributed by atoms with Crippen LogP contribution in [0.3, 0.4) is 0 Å². The Kier molecular flexibility index (Phi) is 7.78. The fourth-order valence-electron chi connectivity index (χ4n) is 3.77. The van der Waals surface area contributed by atoms with Gasteiger partial charge in [-0.05, 0) is 68.1 Å². The molecule has 3 aromatic carbocycles. The lowest BCUT2D eigenvalue weighted by molar-refractivity contribution is 0.251. The summed E-state index contributed by atoms with van der Waals surface area (Å²) in [4.78, 5) is 12.6. The van der Waals surface area contributed by atoms with Crippen molar-refractivity contribution in [2.45, 2.75) is 45.1 Å². The van der Waals surface area contributed by atoms with Crippen molar-refractivity contribution in [1.82, 2.24) is 20.1 Å². The summed E-state index contributed by atoms with van der Waals surface area (Å²) in [5.41, 5.74) is 7.32. The van der Waals surface area contributed by atoms with Crippen LogP contribution in [0, 0.1) is 27.7 Å². The van der Waals surface area contributed by atoms with Gasteiger partial charge < -0.3 is 10.6 Å². The molecule has 0 saturated carbocycles. The van der Waals surface area contributed by atoms with E-state index in [4.69, 9.17) is 11.6 Å². The third-order valence-electron chi connectivity index (χ3n) is 5.77. The second kappa shape index (κ2) is 11.0. The van der Waals surface area contributed by atoms with E-state index in [1.165, 1.54) is 11.1 Å². The van der Waals surface area contributed by atoms with Gasteiger partial charge in [-0.1, -0.05) is 71.4 Å². The molecule has 0 aliphatic carbocycles. The van der Waals surface area contributed by atoms with E-state index in [9.17, 15) is 4.79 Å². The number of halogens is 1. The minimum atomic E-state index is -0.302. The zero-order chi connectivity index (χ0) is 24.9. The largest absolute Gasteiger partial charge is 0.331 e. The molecule has 0 aliphatic rings. The lowest BCUT2D eigenvalue weighted by Gasteiger charge is -2.15. The highest BCUT2D eigenvalue weighted by molar-refractivity contribution is 7.98. The van der Waals surface area contributed by atoms with Crippen LogP contribution >= 0.6 is 23.4 Å². The van der Waals surface area contributed by atoms with Crippen LogP contribution in [0.25, 0.3) is 5.69 Å². The van der Waals surface area contributed by atoms with Crippen LogP contribution in [-0.4, -0.2) is 20.8 Å². The number of hydrogen-bond donors (Lipinski definition) is 2. The van der Waals surface area contributed by atoms with Gasteiger partial charge in [0.05, 0.1) is 12.2 Å². The fraction of sp³-hybridized carbons (Fsp3) is 0.222. The Morgan fingerprint density at radius 2 is 1.74 bits per heavy atom. The summed E-state index contributed by atoms with van der Waals surface area (Å²) in [5, 5.41) is 16.1. The van der Waals surface area contributed by atoms with E-state index < -0.39 is 0 Å². The first kappa shape index (κ1) is 24.8. The molecule has 4 rings (SSSR count). The lowest BCUT2D eigenvalue weighted by Crippen LogP contribution is -2.29. The van der Waals surface area contributed by atoms with Crippen molar-refractivity contribution in [1.29, 1.82) is 0 Å². The molecule has 1 aromatic heterocycles. The SMILES string of the molecule is Cc1ccc(NC(=O)NCc2nnc(SCc3ccccc3C)n2-c2cc(Cl)ccc2C)c(C)c1. The van der Waals surface area contributed by atoms with Crippen molar-refractivity contribution in [3.8, 4) is 5.69 Å². The Morgan fingerprint density at radius 3 is 2.51 bits per heavy atom. The van der Waals surface area contributed by atoms with Crippen molar-refractivity contribution in [2.24, 2.45) is 0 Å². The molecule has 0 bridgehead atoms. The summed E-state index contributed by atoms with van der Waals surface area (Å²) in [6, 6.07) is 19.6. The molecule has 0 spiro atoms. The Balaban J connectivity index is 1.57. The summed E-state index contributed by atoms with van der Waals surface area (Å²) in [6.07, 6.45) is 0. The molecular formula is C27H28ClN5OS. The second-order valence-electron chi connectivity index (χ2n) is 8.51. The van der Waals surface area contributed by atoms with Crippen molar-refractivity contribution in [3.05, 3.63) is 99.3 Å². The zero-order valence-electron chi connectivity index (χ0n) is 20.2. The molecule has 0 saturated heterocycles. The first-order valence-electron chi connectivity index (χ1n) is 11.3. The topological polar surface area (TPSA) is 71.8 Å². The summed E-state index contributed by atoms with van der Waals surface area (Å²) in [7, 11) is 0. The maximum Gasteiger partial charge on any atom is 0.319 e. The molecule has 0 atom stereocenters. The van der Waals surface area contributed by atoms with E-state index in [0.29, 0.717) is 10.8 Å². The minimum absolute atomic E-state index is 0.209. The highest BCUT2D eigenvalue weighted by atomic mass is 35.5. The van der Waals surface area contributed by atoms with Gasteiger partial charge in [0.2, 0.25) is 0 Å². The summed E-state index contributed by atoms with van der Waals surface area (Å²) in [6.45, 7) is 8.33. The quantitative estimate of drug-likeness (QED) is 0.272. The number of hydrogen-bond acceptors (Lipinski definition) is 4. The van der Waals surface area contributed by atoms with Crippen LogP contribution < -0.4 is 10.6 Å². The van der Waals surface area contributed by atoms with Crippen LogP contribution in [-0.2, 0) is 12.3 Å². The Bertz CT molecular complexity index is 1370. The van der Waals surface area contributed by atoms with E-state index >= 15 is 0 Å². The number of nitrogens with one attached hydrogen (secondary N) is 2. The molecule has 2 amide bonds. The number of nitrogens with zero attached hydrogens (tertiary/aromatic N) is 3. The fourth-order valence-corrected chi connectivity index (χ4v) is 4.97. The number of urea groups is 1. The van der Waals surface area contributed by atoms with Gasteiger partial charge in [0, 0.05) is 16.5 Å². The van der Waals surface area contributed by atoms with Gasteiger partial charge in [0.25, 0.3) is 0 Å². The molecule has 0 radical (unpaired) electrons. The first-order chi connectivity index (χ1) is 16.8. The van der Waals surface area contributed by atoms with E-state index in [1.807, 2.05) is 73.9 Å². The lowest BCUT2D eigenvalue weighted by atomic mass is 10.1. The van der Waals surface area contributed by atoms with Crippen LogP contribution in [0.2, 0.25) is 5.02 Å². The molecule has 180 valence electrons. The average molecular weight is 506 g/mol. The molecule has 2 N–H and O–H groups in total. The van der Waals surface area contributed by atoms with Gasteiger partial charge in [-0.25, -0.2) is 4.79 Å². The number of rotatable bonds is 7. The van der Waals surface area contributed by atoms with Gasteiger partial charge in [0.15, 0.2) is 11.0 Å². The molecule has 4 aromatic rings. The third-order valence-corrected chi connectivity index (χ3v) is 6.98. The summed E-state index contributed by atoms with van der Waals surface area (Å²) >= 11 is 7.94. The monoisotopic (exact) mass is 505 g/mol. The summed E-state index contributed by atoms with van der Waals surface area (Å²) in [5.74, 6) is 1.38. The number of thioether (sulfide) groups is 1. The normalized spacial score (nSPS) is 10.9. The predicted molar refractivity (Wildman–Crippen MR) is 144 cm³/mol. The van der Waals surface area contributed by atoms with E-state index in [-0.39, 0.29) is 12.6 Å². The molecule has 35 heavy (non-hydrogen) atoms. The number of amides is 2. The number of carbonyl (C=O) groups excluding carboxylic acids is 1. The maximum absolute atomic E-state index is 12.6. The second-order valence-corrected chi connectivity index (χ2v) is 9.89. The van der Waals surface area contributed by atoms with Crippen molar-refractivity contribution >= 4 is 35.1 Å². The Labute approximate surface area is 215 Å². The van der Waals surface area contributed by atoms with Gasteiger partial charge in [-0.15, -0.1) is 10.2 Å². The van der Waals surface area contributed by atoms with E-state index in [0.717, 1.165) is 39.0 Å². The molecule has 0 unspecified atom stereocenters. The zero-order valence-corrected chi connectivity index (χ0v) is 21.8. The van der Waals surface area contributed by atoms with Crippen molar-refractivity contribution in [2.75, 3.05) is 5.32 Å². The standard InChI is InChI=1S/C27H28ClN5OS/c1-17-9-12-23(20(4)13-17)30-26(34)29-15-25-31-32-27(35-16-21-8-6-5-7-18(21)2)33(25)24-14-22(28)11-10-19(24)3/h5-14H,15-16H2,1-4H3,(H2,29,30,34). The molecule has 0 aliphatic heterocycles. The Hall–Kier alpha value is -3.29. The van der Waals surface area contributed by atoms with Crippen molar-refractivity contribution < 1.29 is 4.79 Å². The predicted octanol–water partition coefficient (Wildman–Crippen LogP) is 6.77. The highest BCUT2D eigenvalue weighted by Gasteiger charge is 2.18. The van der Waals surface area contributed by atoms with Gasteiger partial charge in [-0.3, -0.25) is 4.57 Å². The third kappa shape index (κ3) is 6.05. The first-order valence-corrected chi connectivity index (χ1v) is 12.7. The molecule has 6 nitrogen and oxygen atoms in total. The highest BCUT2D eigenvalue weighted by Crippen LogP contribution is 2.29. The maximum atomic E-state index is 12.6. The molecule has 8 heteroatoms. The number of aromatic nitrogens is 3. The number of aryl methyl sites for hydroxylation is 4. The van der Waals surface area contributed by atoms with Crippen LogP contribution in [0.1, 0.15) is 33.6 Å². The van der Waals surface area contributed by atoms with Gasteiger partial charge in [-0.2, -0.15) is 0 Å². The van der Waals surface area contributed by atoms with Gasteiger partial charge >= 0.3 is 6.03 Å².